The molecule has 119 heavy (non-hydrogen) atoms. The predicted molar refractivity (Wildman–Crippen MR) is 439 cm³/mol. The second-order valence-corrected chi connectivity index (χ2v) is 34.8. The molecule has 0 heterocycles. The summed E-state index contributed by atoms with van der Waals surface area (Å²) in [6.07, 6.45) is -0.733. The van der Waals surface area contributed by atoms with Gasteiger partial charge in [-0.1, -0.05) is 71.9 Å². The summed E-state index contributed by atoms with van der Waals surface area (Å²) < 4.78 is 44.4. The van der Waals surface area contributed by atoms with Gasteiger partial charge >= 0.3 is 18.1 Å². The number of aliphatic hydroxyl groups excluding tert-OH is 3. The molecular weight excluding hydrogens is 1550 g/mol. The summed E-state index contributed by atoms with van der Waals surface area (Å²) in [6.45, 7) is 12.1. The molecule has 32 nitrogen and oxygen atoms in total. The Bertz CT molecular complexity index is 3600. The van der Waals surface area contributed by atoms with E-state index < -0.39 is 200 Å². The van der Waals surface area contributed by atoms with Crippen LogP contribution in [0.4, 0.5) is 13.2 Å². The first kappa shape index (κ1) is 101. The molecular formula is C84H136F3N15O17. The van der Waals surface area contributed by atoms with Gasteiger partial charge in [0.25, 0.3) is 0 Å². The third kappa shape index (κ3) is 31.7. The molecule has 670 valence electrons. The number of carbonyl (C=O) groups excluding carboxylic acids is 11. The second kappa shape index (κ2) is 48.7. The summed E-state index contributed by atoms with van der Waals surface area (Å²) in [5, 5.41) is 86.2. The van der Waals surface area contributed by atoms with Gasteiger partial charge in [-0.3, -0.25) is 69.0 Å². The number of guanidine groups is 3. The molecule has 4 aliphatic rings. The highest BCUT2D eigenvalue weighted by molar-refractivity contribution is 5.99. The number of nitrogens with two attached hydrogens (primary N) is 4. The fraction of sp³-hybridized carbons (Fsp3) is 0.750. The number of amides is 5. The highest BCUT2D eigenvalue weighted by Crippen LogP contribution is 2.68. The van der Waals surface area contributed by atoms with Gasteiger partial charge in [-0.15, -0.1) is 0 Å². The molecule has 0 saturated heterocycles. The third-order valence-corrected chi connectivity index (χ3v) is 25.8. The lowest BCUT2D eigenvalue weighted by molar-refractivity contribution is -0.210. The van der Waals surface area contributed by atoms with E-state index in [0.29, 0.717) is 93.7 Å². The normalized spacial score (nSPS) is 23.1. The van der Waals surface area contributed by atoms with Crippen LogP contribution in [-0.4, -0.2) is 197 Å². The van der Waals surface area contributed by atoms with Gasteiger partial charge in [0, 0.05) is 82.3 Å². The minimum Gasteiger partial charge on any atom is -0.481 e. The molecule has 0 bridgehead atoms. The number of alkyl halides is 3. The largest absolute Gasteiger partial charge is 0.490 e. The summed E-state index contributed by atoms with van der Waals surface area (Å²) in [6, 6.07) is 1.56. The maximum atomic E-state index is 14.9. The Morgan fingerprint density at radius 3 is 1.61 bits per heavy atom. The molecule has 5 rings (SSSR count). The van der Waals surface area contributed by atoms with Crippen LogP contribution in [0.15, 0.2) is 30.3 Å². The van der Waals surface area contributed by atoms with Gasteiger partial charge in [0.1, 0.15) is 18.2 Å². The number of benzene rings is 1. The lowest BCUT2D eigenvalue weighted by Gasteiger charge is -2.61. The van der Waals surface area contributed by atoms with E-state index in [9.17, 15) is 91.1 Å². The molecule has 1 aromatic rings. The minimum atomic E-state index is -5.04. The number of ketones is 5. The van der Waals surface area contributed by atoms with Crippen LogP contribution in [0, 0.1) is 98.1 Å². The Kier molecular flexibility index (Phi) is 41.2. The highest BCUT2D eigenvalue weighted by Gasteiger charge is 2.61. The number of halogens is 3. The van der Waals surface area contributed by atoms with Crippen LogP contribution < -0.4 is 65.5 Å². The summed E-state index contributed by atoms with van der Waals surface area (Å²) in [5.74, 6) is -16.1. The average Bonchev–Trinajstić information content (AvgIpc) is 1.67. The number of aliphatic carboxylic acids is 1. The second-order valence-electron chi connectivity index (χ2n) is 34.8. The molecule has 5 unspecified atom stereocenters. The van der Waals surface area contributed by atoms with E-state index >= 15 is 0 Å². The van der Waals surface area contributed by atoms with Crippen LogP contribution in [-0.2, 0) is 68.7 Å². The third-order valence-electron chi connectivity index (χ3n) is 25.8. The number of hydrogen-bond acceptors (Lipinski definition) is 20. The Labute approximate surface area is 696 Å². The van der Waals surface area contributed by atoms with E-state index in [2.05, 4.69) is 63.3 Å². The zero-order valence-corrected chi connectivity index (χ0v) is 70.4. The SMILES string of the molecule is CC(C)[C@H](CC(=O)[C@@H](NC(=O)CC[C@@H](C)[C@H]1CCC2C3CCC4C[C@H](OC(=O)C(F)(F)F)CC[C@]4(C)C3CC[C@@]21C)[C@@H](C)O)C(=O)N[C@@H](Cc1ccccc1)C(=O)C[C@@H](CCCNC(=N)N)C(=O)N[C@@H](CO)C(=O)CC(CO)C(=O)N[C@@H](CCCNC(=N)N)C(=O)C[C@@H](CCC(=O)O)C(=O)N[C@@H](CCCCN)C(=O)C[C@H](C)CCCNC(=N)N. The maximum Gasteiger partial charge on any atom is 0.490 e. The molecule has 4 fully saturated rings. The fourth-order valence-electron chi connectivity index (χ4n) is 19.1. The van der Waals surface area contributed by atoms with Gasteiger partial charge in [-0.05, 0) is 212 Å². The highest BCUT2D eigenvalue weighted by atomic mass is 19.4. The molecule has 0 radical (unpaired) electrons. The predicted octanol–water partition coefficient (Wildman–Crippen LogP) is 4.90. The monoisotopic (exact) mass is 1680 g/mol. The van der Waals surface area contributed by atoms with Crippen molar-refractivity contribution >= 4 is 88.3 Å². The number of rotatable bonds is 54. The number of aliphatic hydroxyl groups is 3. The number of fused-ring (bicyclic) bond motifs is 5. The first-order chi connectivity index (χ1) is 56.1. The molecule has 0 aromatic heterocycles. The van der Waals surface area contributed by atoms with Crippen LogP contribution in [0.5, 0.6) is 0 Å². The van der Waals surface area contributed by atoms with E-state index in [1.54, 1.807) is 44.2 Å². The van der Waals surface area contributed by atoms with Gasteiger partial charge in [0.05, 0.1) is 43.4 Å². The summed E-state index contributed by atoms with van der Waals surface area (Å²) in [7, 11) is 0. The fourth-order valence-corrected chi connectivity index (χ4v) is 19.1. The smallest absolute Gasteiger partial charge is 0.481 e. The molecule has 1 aromatic carbocycles. The number of esters is 1. The van der Waals surface area contributed by atoms with Crippen LogP contribution in [0.25, 0.3) is 0 Å². The molecule has 0 spiro atoms. The first-order valence-corrected chi connectivity index (χ1v) is 42.6. The minimum absolute atomic E-state index is 0.0139. The topological polar surface area (TPSA) is 567 Å². The van der Waals surface area contributed by atoms with Crippen molar-refractivity contribution in [1.82, 2.24) is 42.5 Å². The van der Waals surface area contributed by atoms with Crippen molar-refractivity contribution in [2.75, 3.05) is 39.4 Å². The van der Waals surface area contributed by atoms with Crippen molar-refractivity contribution in [3.63, 3.8) is 0 Å². The van der Waals surface area contributed by atoms with Gasteiger partial charge in [0.2, 0.25) is 29.5 Å². The Morgan fingerprint density at radius 2 is 1.06 bits per heavy atom. The van der Waals surface area contributed by atoms with Crippen molar-refractivity contribution in [3.8, 4) is 0 Å². The van der Waals surface area contributed by atoms with Crippen molar-refractivity contribution < 1.29 is 95.9 Å². The molecule has 23 N–H and O–H groups in total. The van der Waals surface area contributed by atoms with E-state index in [1.165, 1.54) is 6.92 Å². The van der Waals surface area contributed by atoms with Crippen LogP contribution in [0.3, 0.4) is 0 Å². The van der Waals surface area contributed by atoms with Crippen molar-refractivity contribution in [3.05, 3.63) is 35.9 Å². The number of ether oxygens (including phenoxy) is 1. The molecule has 20 atom stereocenters. The van der Waals surface area contributed by atoms with Crippen molar-refractivity contribution in [2.45, 2.75) is 277 Å². The number of Topliss-reactive ketones (excluding diaryl/α,β-unsaturated/α-hetero) is 5. The van der Waals surface area contributed by atoms with Gasteiger partial charge in [0.15, 0.2) is 46.8 Å². The van der Waals surface area contributed by atoms with E-state index in [0.717, 1.165) is 38.5 Å². The molecule has 0 aliphatic heterocycles. The Balaban J connectivity index is 1.27. The van der Waals surface area contributed by atoms with Gasteiger partial charge in [-0.25, -0.2) is 4.79 Å². The molecule has 4 aliphatic carbocycles. The molecule has 35 heteroatoms. The van der Waals surface area contributed by atoms with E-state index in [1.807, 2.05) is 6.92 Å². The lowest BCUT2D eigenvalue weighted by atomic mass is 9.44. The van der Waals surface area contributed by atoms with Crippen molar-refractivity contribution in [2.24, 2.45) is 105 Å². The van der Waals surface area contributed by atoms with E-state index in [4.69, 9.17) is 43.9 Å². The average molecular weight is 1690 g/mol. The number of carboxylic acid groups (broad SMARTS) is 1. The number of hydrogen-bond donors (Lipinski definition) is 19. The number of unbranched alkanes of at least 4 members (excludes halogenated alkanes) is 1. The standard InChI is InChI=1S/C84H136F3N15O17/c1-47(2)58(44-70(110)73(50(5)105)102-71(111)28-22-49(4)59-26-27-60-57-25-24-55-43-56(119-78(118)84(85,86)87)30-32-82(55,6)61(57)31-33-83(59,60)7)77(117)100-64(39-51-17-9-8-10-18-51)68(108)40-52(19-14-36-96-80(91)92)74(114)101-65(46-104)69(109)42-54(45-103)76(116)99-63(21-15-37-97-81(93)94)67(107)41-53(23-29-72(112)113)75(115)98-62(20-11-12-34-88)66(106)38-48(3)16-13-35-95-79(89)90/h8-10,17-18,47-50,52-65,73,103-105H,11-16,19-46,88H2,1-7H3,(H,98,115)(H,99,116)(H,100,117)(H,101,114)(H,102,111)(H,112,113)(H4,89,90,95)(H4,91,92,96)(H4,93,94,97)/t48-,49-,50-,52-,53-,54?,55?,56-,57?,58+,59-,60?,61?,62+,63+,64+,65+,73+,82+,83-/m1/s1. The summed E-state index contributed by atoms with van der Waals surface area (Å²) in [4.78, 5) is 167. The zero-order valence-electron chi connectivity index (χ0n) is 70.4. The zero-order chi connectivity index (χ0) is 88.6. The quantitative estimate of drug-likeness (QED) is 0.0178. The van der Waals surface area contributed by atoms with Crippen molar-refractivity contribution in [1.29, 1.82) is 16.2 Å². The van der Waals surface area contributed by atoms with Gasteiger partial charge < -0.3 is 90.6 Å². The Hall–Kier alpha value is -8.70. The first-order valence-electron chi connectivity index (χ1n) is 42.6. The molecule has 5 amide bonds. The number of carbonyl (C=O) groups is 12. The summed E-state index contributed by atoms with van der Waals surface area (Å²) in [5.41, 5.74) is 22.7. The molecule has 4 saturated carbocycles. The van der Waals surface area contributed by atoms with Gasteiger partial charge in [-0.2, -0.15) is 13.2 Å². The Morgan fingerprint density at radius 1 is 0.546 bits per heavy atom. The van der Waals surface area contributed by atoms with E-state index in [-0.39, 0.29) is 111 Å². The van der Waals surface area contributed by atoms with Crippen LogP contribution >= 0.6 is 0 Å². The number of nitrogens with one attached hydrogen (secondary N) is 11. The van der Waals surface area contributed by atoms with Crippen LogP contribution in [0.1, 0.15) is 227 Å². The van der Waals surface area contributed by atoms with Crippen LogP contribution in [0.2, 0.25) is 0 Å². The number of carboxylic acids is 1. The maximum absolute atomic E-state index is 14.9. The summed E-state index contributed by atoms with van der Waals surface area (Å²) >= 11 is 0. The lowest BCUT2D eigenvalue weighted by Crippen LogP contribution is -2.54.